The van der Waals surface area contributed by atoms with E-state index in [9.17, 15) is 43.7 Å². The van der Waals surface area contributed by atoms with Crippen molar-refractivity contribution >= 4 is 41.5 Å². The molecule has 2 saturated heterocycles. The molecule has 12 atom stereocenters. The number of carbonyl (C=O) groups is 7. The van der Waals surface area contributed by atoms with E-state index in [0.717, 1.165) is 5.56 Å². The molecule has 18 nitrogen and oxygen atoms in total. The van der Waals surface area contributed by atoms with Crippen LogP contribution in [-0.2, 0) is 40.1 Å². The summed E-state index contributed by atoms with van der Waals surface area (Å²) in [5, 5.41) is 28.5. The molecule has 2 aliphatic heterocycles. The van der Waals surface area contributed by atoms with Crippen LogP contribution in [-0.4, -0.2) is 107 Å². The molecule has 6 N–H and O–H groups in total. The van der Waals surface area contributed by atoms with Crippen molar-refractivity contribution in [2.24, 2.45) is 17.8 Å². The molecule has 0 spiro atoms. The Morgan fingerprint density at radius 2 is 1.36 bits per heavy atom. The van der Waals surface area contributed by atoms with Crippen LogP contribution in [0.15, 0.2) is 97.1 Å². The Morgan fingerprint density at radius 1 is 0.786 bits per heavy atom. The average Bonchev–Trinajstić information content (AvgIpc) is 4.02. The summed E-state index contributed by atoms with van der Waals surface area (Å²) in [5.74, 6) is -7.14. The number of aryl methyl sites for hydroxylation is 1. The first-order valence-corrected chi connectivity index (χ1v) is 24.1. The minimum absolute atomic E-state index is 0.138. The number of carbonyl (C=O) groups excluding carboxylic acids is 7. The van der Waals surface area contributed by atoms with Gasteiger partial charge in [0.25, 0.3) is 0 Å². The zero-order valence-corrected chi connectivity index (χ0v) is 40.6. The van der Waals surface area contributed by atoms with E-state index in [1.807, 2.05) is 45.1 Å². The number of hydrogen-bond acceptors (Lipinski definition) is 10. The van der Waals surface area contributed by atoms with Gasteiger partial charge in [-0.1, -0.05) is 137 Å². The van der Waals surface area contributed by atoms with Crippen LogP contribution in [0, 0.1) is 34.8 Å². The van der Waals surface area contributed by atoms with Gasteiger partial charge in [0.2, 0.25) is 41.5 Å². The highest BCUT2D eigenvalue weighted by molar-refractivity contribution is 5.98. The molecular weight excluding hydrogens is 897 g/mol. The van der Waals surface area contributed by atoms with Crippen molar-refractivity contribution in [2.45, 2.75) is 128 Å². The highest BCUT2D eigenvalue weighted by atomic mass is 16.6. The lowest BCUT2D eigenvalue weighted by Crippen LogP contribution is -2.61. The molecule has 3 aliphatic rings. The molecule has 70 heavy (non-hydrogen) atoms. The summed E-state index contributed by atoms with van der Waals surface area (Å²) in [6.45, 7) is 10.3. The van der Waals surface area contributed by atoms with Gasteiger partial charge >= 0.3 is 6.09 Å². The SMILES string of the molecule is C/C=C\[C@H]1C[C@H]2C(=O)NC[C@@H](NC(=O)OCc3ccc(C)cc3)C(=O)N[C@@H]([C@H](C)c3ccccc3)C(=O)N[C@H](C[C@H]3C[C@@H]3[N+](=O)[O-])C(=O)N[C@@H]([C@H](C)c3ccccc3)C(=O)N[C@@H]([C@@H](C)CC)C(=O)N2C1. The van der Waals surface area contributed by atoms with Crippen molar-refractivity contribution in [3.8, 4) is 0 Å². The fourth-order valence-corrected chi connectivity index (χ4v) is 9.20. The van der Waals surface area contributed by atoms with E-state index in [0.29, 0.717) is 23.1 Å². The predicted molar refractivity (Wildman–Crippen MR) is 260 cm³/mol. The van der Waals surface area contributed by atoms with Gasteiger partial charge in [0.1, 0.15) is 42.9 Å². The molecule has 0 unspecified atom stereocenters. The van der Waals surface area contributed by atoms with Crippen LogP contribution < -0.4 is 31.9 Å². The monoisotopic (exact) mass is 962 g/mol. The van der Waals surface area contributed by atoms with Crippen molar-refractivity contribution in [1.82, 2.24) is 36.8 Å². The minimum Gasteiger partial charge on any atom is -0.445 e. The number of nitro groups is 1. The van der Waals surface area contributed by atoms with Crippen molar-refractivity contribution in [3.05, 3.63) is 129 Å². The second-order valence-corrected chi connectivity index (χ2v) is 18.9. The van der Waals surface area contributed by atoms with E-state index in [-0.39, 0.29) is 38.3 Å². The van der Waals surface area contributed by atoms with Crippen LogP contribution in [0.2, 0.25) is 0 Å². The lowest BCUT2D eigenvalue weighted by molar-refractivity contribution is -0.498. The molecule has 0 bridgehead atoms. The van der Waals surface area contributed by atoms with Crippen LogP contribution >= 0.6 is 0 Å². The van der Waals surface area contributed by atoms with E-state index in [1.54, 1.807) is 93.6 Å². The molecule has 0 aromatic heterocycles. The summed E-state index contributed by atoms with van der Waals surface area (Å²) in [5.41, 5.74) is 2.98. The number of allylic oxidation sites excluding steroid dienone is 1. The van der Waals surface area contributed by atoms with Gasteiger partial charge in [-0.25, -0.2) is 4.79 Å². The maximum Gasteiger partial charge on any atom is 0.408 e. The van der Waals surface area contributed by atoms with Gasteiger partial charge in [0, 0.05) is 42.2 Å². The second kappa shape index (κ2) is 23.9. The van der Waals surface area contributed by atoms with Gasteiger partial charge in [-0.15, -0.1) is 0 Å². The molecule has 3 aromatic rings. The van der Waals surface area contributed by atoms with Crippen molar-refractivity contribution < 1.29 is 43.2 Å². The third kappa shape index (κ3) is 13.4. The van der Waals surface area contributed by atoms with E-state index in [2.05, 4.69) is 31.9 Å². The Hall–Kier alpha value is -7.11. The maximum atomic E-state index is 14.9. The quantitative estimate of drug-likeness (QED) is 0.0812. The Balaban J connectivity index is 1.43. The van der Waals surface area contributed by atoms with Crippen LogP contribution in [0.25, 0.3) is 0 Å². The fourth-order valence-electron chi connectivity index (χ4n) is 9.20. The number of hydrogen-bond donors (Lipinski definition) is 6. The van der Waals surface area contributed by atoms with Crippen molar-refractivity contribution in [2.75, 3.05) is 13.1 Å². The van der Waals surface area contributed by atoms with Gasteiger partial charge < -0.3 is 41.5 Å². The number of benzene rings is 3. The molecule has 1 saturated carbocycles. The van der Waals surface area contributed by atoms with E-state index in [4.69, 9.17) is 4.74 Å². The lowest BCUT2D eigenvalue weighted by atomic mass is 9.90. The number of nitrogens with zero attached hydrogens (tertiary/aromatic N) is 2. The number of ether oxygens (including phenoxy) is 1. The molecule has 3 aromatic carbocycles. The Morgan fingerprint density at radius 3 is 1.91 bits per heavy atom. The van der Waals surface area contributed by atoms with E-state index < -0.39 is 119 Å². The van der Waals surface area contributed by atoms with Gasteiger partial charge in [0.15, 0.2) is 0 Å². The largest absolute Gasteiger partial charge is 0.445 e. The molecule has 0 radical (unpaired) electrons. The lowest BCUT2D eigenvalue weighted by Gasteiger charge is -2.34. The van der Waals surface area contributed by atoms with Crippen molar-refractivity contribution in [1.29, 1.82) is 0 Å². The van der Waals surface area contributed by atoms with Crippen molar-refractivity contribution in [3.63, 3.8) is 0 Å². The normalized spacial score (nSPS) is 27.2. The highest BCUT2D eigenvalue weighted by Crippen LogP contribution is 2.37. The smallest absolute Gasteiger partial charge is 0.408 e. The number of amides is 7. The molecular formula is C52H66N8O10. The molecule has 7 amide bonds. The molecule has 1 aliphatic carbocycles. The predicted octanol–water partition coefficient (Wildman–Crippen LogP) is 4.16. The van der Waals surface area contributed by atoms with Crippen LogP contribution in [0.3, 0.4) is 0 Å². The van der Waals surface area contributed by atoms with E-state index in [1.165, 1.54) is 4.90 Å². The Bertz CT molecular complexity index is 2380. The van der Waals surface area contributed by atoms with Gasteiger partial charge in [0.05, 0.1) is 0 Å². The van der Waals surface area contributed by atoms with Gasteiger partial charge in [-0.05, 0) is 55.2 Å². The highest BCUT2D eigenvalue weighted by Gasteiger charge is 2.51. The second-order valence-electron chi connectivity index (χ2n) is 18.9. The summed E-state index contributed by atoms with van der Waals surface area (Å²) in [6.07, 6.45) is 3.37. The standard InChI is InChI=1S/C52H66N8O10/c1-7-15-35-24-42-48(63)53-27-40(55-52(67)70-29-34-22-20-30(3)21-23-34)47(62)58-44(32(5)36-16-11-9-12-17-36)49(64)54-39(25-38-26-41(38)60(68)69)46(61)57-45(33(6)37-18-13-10-14-19-37)50(65)56-43(31(4)8-2)51(66)59(42)28-35/h7,9-23,31-33,35,38-45H,8,24-29H2,1-6H3,(H,53,63)(H,54,64)(H,55,67)(H,56,65)(H,57,61)(H,58,62)/b15-7-/t31-,32+,33+,35-,38-,39+,40+,41-,42-,43-,44-,45-/m0/s1. The molecule has 2 heterocycles. The van der Waals surface area contributed by atoms with Crippen LogP contribution in [0.1, 0.15) is 94.4 Å². The number of alkyl carbamates (subject to hydrolysis) is 1. The molecule has 6 rings (SSSR count). The minimum atomic E-state index is -1.54. The first-order chi connectivity index (χ1) is 33.5. The zero-order valence-electron chi connectivity index (χ0n) is 40.6. The summed E-state index contributed by atoms with van der Waals surface area (Å²) >= 11 is 0. The van der Waals surface area contributed by atoms with Crippen LogP contribution in [0.5, 0.6) is 0 Å². The molecule has 374 valence electrons. The number of nitrogens with one attached hydrogen (secondary N) is 6. The maximum absolute atomic E-state index is 14.9. The number of rotatable bonds is 13. The topological polar surface area (TPSA) is 247 Å². The molecule has 18 heteroatoms. The third-order valence-corrected chi connectivity index (χ3v) is 13.9. The number of fused-ring (bicyclic) bond motifs is 1. The first kappa shape index (κ1) is 52.3. The fraction of sp³-hybridized carbons (Fsp3) is 0.481. The summed E-state index contributed by atoms with van der Waals surface area (Å²) in [4.78, 5) is 115. The van der Waals surface area contributed by atoms with Gasteiger partial charge in [-0.3, -0.25) is 38.9 Å². The molecule has 3 fully saturated rings. The average molecular weight is 963 g/mol. The summed E-state index contributed by atoms with van der Waals surface area (Å²) in [6, 6.07) is 16.1. The summed E-state index contributed by atoms with van der Waals surface area (Å²) in [7, 11) is 0. The summed E-state index contributed by atoms with van der Waals surface area (Å²) < 4.78 is 5.50. The Labute approximate surface area is 408 Å². The Kier molecular flexibility index (Phi) is 17.9. The van der Waals surface area contributed by atoms with E-state index >= 15 is 0 Å². The zero-order chi connectivity index (χ0) is 50.6. The first-order valence-electron chi connectivity index (χ1n) is 24.1. The third-order valence-electron chi connectivity index (χ3n) is 13.9. The van der Waals surface area contributed by atoms with Crippen LogP contribution in [0.4, 0.5) is 4.79 Å². The van der Waals surface area contributed by atoms with Gasteiger partial charge in [-0.2, -0.15) is 0 Å².